The SMILES string of the molecule is CCc1ccc2[nH]cc(C(=O)c3ccc(C)c(C)c3)c(=O)c2c1. The molecule has 3 nitrogen and oxygen atoms in total. The largest absolute Gasteiger partial charge is 0.360 e. The Morgan fingerprint density at radius 3 is 2.52 bits per heavy atom. The lowest BCUT2D eigenvalue weighted by atomic mass is 9.98. The number of aromatic amines is 1. The number of nitrogens with one attached hydrogen (secondary N) is 1. The number of fused-ring (bicyclic) bond motifs is 1. The summed E-state index contributed by atoms with van der Waals surface area (Å²) in [6, 6.07) is 11.3. The summed E-state index contributed by atoms with van der Waals surface area (Å²) in [6.07, 6.45) is 2.37. The fraction of sp³-hybridized carbons (Fsp3) is 0.200. The van der Waals surface area contributed by atoms with Gasteiger partial charge >= 0.3 is 0 Å². The highest BCUT2D eigenvalue weighted by Gasteiger charge is 2.15. The van der Waals surface area contributed by atoms with E-state index in [1.807, 2.05) is 51.1 Å². The minimum atomic E-state index is -0.238. The molecule has 0 aliphatic heterocycles. The van der Waals surface area contributed by atoms with Crippen LogP contribution in [-0.4, -0.2) is 10.8 Å². The zero-order valence-corrected chi connectivity index (χ0v) is 13.6. The van der Waals surface area contributed by atoms with Crippen molar-refractivity contribution in [1.82, 2.24) is 4.98 Å². The first-order chi connectivity index (χ1) is 11.0. The minimum absolute atomic E-state index is 0.189. The van der Waals surface area contributed by atoms with E-state index >= 15 is 0 Å². The van der Waals surface area contributed by atoms with Crippen molar-refractivity contribution >= 4 is 16.7 Å². The fourth-order valence-electron chi connectivity index (χ4n) is 2.69. The van der Waals surface area contributed by atoms with Crippen LogP contribution in [0.4, 0.5) is 0 Å². The van der Waals surface area contributed by atoms with E-state index in [9.17, 15) is 9.59 Å². The number of ketones is 1. The molecule has 0 unspecified atom stereocenters. The predicted molar refractivity (Wildman–Crippen MR) is 93.3 cm³/mol. The summed E-state index contributed by atoms with van der Waals surface area (Å²) in [5, 5.41) is 0.569. The Balaban J connectivity index is 2.15. The normalized spacial score (nSPS) is 10.9. The number of hydrogen-bond donors (Lipinski definition) is 1. The molecule has 0 atom stereocenters. The monoisotopic (exact) mass is 305 g/mol. The highest BCUT2D eigenvalue weighted by Crippen LogP contribution is 2.16. The van der Waals surface area contributed by atoms with E-state index in [-0.39, 0.29) is 16.8 Å². The second-order valence-corrected chi connectivity index (χ2v) is 5.89. The molecule has 0 aliphatic carbocycles. The Hall–Kier alpha value is -2.68. The van der Waals surface area contributed by atoms with Gasteiger partial charge in [0.05, 0.1) is 5.56 Å². The average molecular weight is 305 g/mol. The van der Waals surface area contributed by atoms with Gasteiger partial charge in [-0.25, -0.2) is 0 Å². The zero-order valence-electron chi connectivity index (χ0n) is 13.6. The van der Waals surface area contributed by atoms with Crippen molar-refractivity contribution in [3.05, 3.63) is 80.6 Å². The number of aryl methyl sites for hydroxylation is 3. The number of aromatic nitrogens is 1. The standard InChI is InChI=1S/C20H19NO2/c1-4-14-6-8-18-16(10-14)20(23)17(11-21-18)19(22)15-7-5-12(2)13(3)9-15/h5-11H,4H2,1-3H3,(H,21,23). The molecule has 0 saturated heterocycles. The molecule has 3 rings (SSSR count). The molecule has 23 heavy (non-hydrogen) atoms. The van der Waals surface area contributed by atoms with Gasteiger partial charge in [-0.15, -0.1) is 0 Å². The molecule has 0 amide bonds. The van der Waals surface area contributed by atoms with Crippen LogP contribution >= 0.6 is 0 Å². The Morgan fingerprint density at radius 2 is 1.83 bits per heavy atom. The van der Waals surface area contributed by atoms with Gasteiger partial charge in [0.25, 0.3) is 0 Å². The van der Waals surface area contributed by atoms with Gasteiger partial charge in [-0.2, -0.15) is 0 Å². The van der Waals surface area contributed by atoms with Gasteiger partial charge in [-0.1, -0.05) is 25.1 Å². The molecule has 0 spiro atoms. The van der Waals surface area contributed by atoms with Gasteiger partial charge in [0.15, 0.2) is 5.78 Å². The third kappa shape index (κ3) is 2.70. The lowest BCUT2D eigenvalue weighted by Gasteiger charge is -2.06. The van der Waals surface area contributed by atoms with Crippen LogP contribution in [0.1, 0.15) is 39.5 Å². The van der Waals surface area contributed by atoms with Crippen molar-refractivity contribution in [2.24, 2.45) is 0 Å². The average Bonchev–Trinajstić information content (AvgIpc) is 2.57. The van der Waals surface area contributed by atoms with Crippen LogP contribution in [0, 0.1) is 13.8 Å². The molecular formula is C20H19NO2. The lowest BCUT2D eigenvalue weighted by molar-refractivity contribution is 0.103. The lowest BCUT2D eigenvalue weighted by Crippen LogP contribution is -2.17. The van der Waals surface area contributed by atoms with Crippen LogP contribution < -0.4 is 5.43 Å². The van der Waals surface area contributed by atoms with Crippen molar-refractivity contribution in [3.63, 3.8) is 0 Å². The van der Waals surface area contributed by atoms with E-state index in [4.69, 9.17) is 0 Å². The van der Waals surface area contributed by atoms with Crippen molar-refractivity contribution in [1.29, 1.82) is 0 Å². The molecule has 1 heterocycles. The first-order valence-electron chi connectivity index (χ1n) is 7.77. The van der Waals surface area contributed by atoms with Crippen molar-refractivity contribution < 1.29 is 4.79 Å². The maximum Gasteiger partial charge on any atom is 0.200 e. The molecule has 3 aromatic rings. The predicted octanol–water partition coefficient (Wildman–Crippen LogP) is 3.94. The van der Waals surface area contributed by atoms with Crippen molar-refractivity contribution in [2.45, 2.75) is 27.2 Å². The third-order valence-electron chi connectivity index (χ3n) is 4.37. The van der Waals surface area contributed by atoms with Crippen LogP contribution in [0.3, 0.4) is 0 Å². The molecule has 1 aromatic heterocycles. The number of hydrogen-bond acceptors (Lipinski definition) is 2. The van der Waals surface area contributed by atoms with Crippen LogP contribution in [0.25, 0.3) is 10.9 Å². The summed E-state index contributed by atoms with van der Waals surface area (Å²) in [5.74, 6) is -0.238. The zero-order chi connectivity index (χ0) is 16.6. The molecular weight excluding hydrogens is 286 g/mol. The Kier molecular flexibility index (Phi) is 3.87. The summed E-state index contributed by atoms with van der Waals surface area (Å²) in [5.41, 5.74) is 4.53. The minimum Gasteiger partial charge on any atom is -0.360 e. The first-order valence-corrected chi connectivity index (χ1v) is 7.77. The molecule has 2 aromatic carbocycles. The van der Waals surface area contributed by atoms with Gasteiger partial charge in [-0.3, -0.25) is 9.59 Å². The third-order valence-corrected chi connectivity index (χ3v) is 4.37. The molecule has 0 bridgehead atoms. The molecule has 116 valence electrons. The van der Waals surface area contributed by atoms with E-state index < -0.39 is 0 Å². The summed E-state index contributed by atoms with van der Waals surface area (Å²) >= 11 is 0. The van der Waals surface area contributed by atoms with Crippen LogP contribution in [0.15, 0.2) is 47.4 Å². The number of carbonyl (C=O) groups is 1. The van der Waals surface area contributed by atoms with Crippen molar-refractivity contribution in [2.75, 3.05) is 0 Å². The molecule has 0 aliphatic rings. The number of H-pyrrole nitrogens is 1. The first kappa shape index (κ1) is 15.2. The van der Waals surface area contributed by atoms with E-state index in [0.29, 0.717) is 10.9 Å². The fourth-order valence-corrected chi connectivity index (χ4v) is 2.69. The van der Waals surface area contributed by atoms with Gasteiger partial charge in [0, 0.05) is 22.7 Å². The smallest absolute Gasteiger partial charge is 0.200 e. The molecule has 3 heteroatoms. The topological polar surface area (TPSA) is 49.9 Å². The van der Waals surface area contributed by atoms with E-state index in [2.05, 4.69) is 4.98 Å². The summed E-state index contributed by atoms with van der Waals surface area (Å²) < 4.78 is 0. The quantitative estimate of drug-likeness (QED) is 0.745. The molecule has 0 saturated carbocycles. The maximum absolute atomic E-state index is 12.7. The Labute approximate surface area is 135 Å². The second kappa shape index (κ2) is 5.84. The Morgan fingerprint density at radius 1 is 1.04 bits per heavy atom. The summed E-state index contributed by atoms with van der Waals surface area (Å²) in [6.45, 7) is 6.00. The molecule has 0 radical (unpaired) electrons. The van der Waals surface area contributed by atoms with Gasteiger partial charge in [0.2, 0.25) is 5.43 Å². The maximum atomic E-state index is 12.7. The van der Waals surface area contributed by atoms with E-state index in [1.54, 1.807) is 6.07 Å². The number of pyridine rings is 1. The second-order valence-electron chi connectivity index (χ2n) is 5.89. The number of benzene rings is 2. The van der Waals surface area contributed by atoms with E-state index in [0.717, 1.165) is 28.6 Å². The number of rotatable bonds is 3. The van der Waals surface area contributed by atoms with Gasteiger partial charge in [-0.05, 0) is 55.2 Å². The van der Waals surface area contributed by atoms with E-state index in [1.165, 1.54) is 6.20 Å². The number of carbonyl (C=O) groups excluding carboxylic acids is 1. The highest BCUT2D eigenvalue weighted by atomic mass is 16.1. The summed E-state index contributed by atoms with van der Waals surface area (Å²) in [7, 11) is 0. The highest BCUT2D eigenvalue weighted by molar-refractivity contribution is 6.10. The van der Waals surface area contributed by atoms with Gasteiger partial charge < -0.3 is 4.98 Å². The van der Waals surface area contributed by atoms with Gasteiger partial charge in [0.1, 0.15) is 0 Å². The molecule has 1 N–H and O–H groups in total. The van der Waals surface area contributed by atoms with Crippen LogP contribution in [0.2, 0.25) is 0 Å². The Bertz CT molecular complexity index is 967. The van der Waals surface area contributed by atoms with Crippen LogP contribution in [-0.2, 0) is 6.42 Å². The summed E-state index contributed by atoms with van der Waals surface area (Å²) in [4.78, 5) is 28.5. The van der Waals surface area contributed by atoms with Crippen molar-refractivity contribution in [3.8, 4) is 0 Å². The van der Waals surface area contributed by atoms with Crippen LogP contribution in [0.5, 0.6) is 0 Å². The molecule has 0 fully saturated rings.